The fourth-order valence-electron chi connectivity index (χ4n) is 5.82. The van der Waals surface area contributed by atoms with Crippen LogP contribution in [0.25, 0.3) is 11.1 Å². The Morgan fingerprint density at radius 3 is 2.37 bits per heavy atom. The average molecular weight is 662 g/mol. The second kappa shape index (κ2) is 14.5. The molecule has 1 fully saturated rings. The highest BCUT2D eigenvalue weighted by molar-refractivity contribution is 6.36. The van der Waals surface area contributed by atoms with Crippen LogP contribution in [0.1, 0.15) is 62.3 Å². The van der Waals surface area contributed by atoms with Gasteiger partial charge in [-0.2, -0.15) is 0 Å². The molecule has 1 heterocycles. The Labute approximate surface area is 282 Å². The molecule has 1 atom stereocenters. The summed E-state index contributed by atoms with van der Waals surface area (Å²) in [5.41, 5.74) is 5.89. The summed E-state index contributed by atoms with van der Waals surface area (Å²) in [6.45, 7) is 8.01. The van der Waals surface area contributed by atoms with Crippen molar-refractivity contribution in [3.8, 4) is 11.5 Å². The first kappa shape index (κ1) is 33.8. The molecule has 5 rings (SSSR count). The maximum absolute atomic E-state index is 12.6. The van der Waals surface area contributed by atoms with Crippen LogP contribution in [0.3, 0.4) is 0 Å². The maximum Gasteiger partial charge on any atom is 0.316 e. The Hall–Kier alpha value is -3.58. The van der Waals surface area contributed by atoms with Crippen LogP contribution in [0, 0.1) is 5.41 Å². The molecule has 1 amide bonds. The largest absolute Gasteiger partial charge is 0.489 e. The fraction of sp³-hybridized carbons (Fsp3) is 0.368. The zero-order chi connectivity index (χ0) is 33.0. The van der Waals surface area contributed by atoms with Crippen molar-refractivity contribution in [1.29, 1.82) is 0 Å². The zero-order valence-corrected chi connectivity index (χ0v) is 28.8. The number of amides is 1. The molecule has 6 nitrogen and oxygen atoms in total. The van der Waals surface area contributed by atoms with Crippen molar-refractivity contribution >= 4 is 46.2 Å². The quantitative estimate of drug-likeness (QED) is 0.138. The molecule has 0 radical (unpaired) electrons. The standard InChI is InChI=1S/C38H42Cl2N2O4/c1-38(2,3)37(44)46-29-16-18-31-26(22-29)8-6-9-33(32-17-13-27(39)23-34(32)40)36(31)25-11-14-28(15-12-25)45-30-19-21-42(24-30)20-7-10-35(43)41(4)5/h7,10-18,22-23,30H,6,8-9,19-21,24H2,1-5H3/t30-/m0/s1. The van der Waals surface area contributed by atoms with Gasteiger partial charge in [-0.05, 0) is 116 Å². The van der Waals surface area contributed by atoms with Crippen LogP contribution < -0.4 is 9.47 Å². The predicted octanol–water partition coefficient (Wildman–Crippen LogP) is 8.34. The van der Waals surface area contributed by atoms with E-state index in [1.54, 1.807) is 31.1 Å². The van der Waals surface area contributed by atoms with E-state index in [4.69, 9.17) is 32.7 Å². The number of likely N-dealkylation sites (N-methyl/N-ethyl adjacent to an activating group) is 1. The van der Waals surface area contributed by atoms with Gasteiger partial charge in [0.25, 0.3) is 0 Å². The molecule has 3 aromatic rings. The second-order valence-electron chi connectivity index (χ2n) is 13.2. The zero-order valence-electron chi connectivity index (χ0n) is 27.2. The minimum absolute atomic E-state index is 0.00982. The number of halogens is 2. The Morgan fingerprint density at radius 2 is 1.67 bits per heavy atom. The number of carbonyl (C=O) groups excluding carboxylic acids is 2. The molecular formula is C38H42Cl2N2O4. The third kappa shape index (κ3) is 8.22. The molecule has 46 heavy (non-hydrogen) atoms. The second-order valence-corrected chi connectivity index (χ2v) is 14.1. The van der Waals surface area contributed by atoms with Gasteiger partial charge in [0.2, 0.25) is 5.91 Å². The van der Waals surface area contributed by atoms with E-state index in [-0.39, 0.29) is 18.0 Å². The third-order valence-corrected chi connectivity index (χ3v) is 8.89. The molecule has 3 aromatic carbocycles. The first-order valence-electron chi connectivity index (χ1n) is 15.8. The first-order chi connectivity index (χ1) is 21.9. The number of rotatable bonds is 8. The number of esters is 1. The maximum atomic E-state index is 12.6. The van der Waals surface area contributed by atoms with Gasteiger partial charge in [-0.25, -0.2) is 0 Å². The molecule has 1 aliphatic carbocycles. The van der Waals surface area contributed by atoms with Crippen molar-refractivity contribution in [1.82, 2.24) is 9.80 Å². The molecule has 0 unspecified atom stereocenters. The van der Waals surface area contributed by atoms with Crippen molar-refractivity contribution in [2.45, 2.75) is 52.6 Å². The van der Waals surface area contributed by atoms with Gasteiger partial charge in [-0.15, -0.1) is 0 Å². The summed E-state index contributed by atoms with van der Waals surface area (Å²) in [5.74, 6) is 1.10. The first-order valence-corrected chi connectivity index (χ1v) is 16.6. The molecule has 8 heteroatoms. The molecule has 0 saturated carbocycles. The highest BCUT2D eigenvalue weighted by atomic mass is 35.5. The number of hydrogen-bond donors (Lipinski definition) is 0. The number of allylic oxidation sites excluding steroid dienone is 1. The van der Waals surface area contributed by atoms with Crippen LogP contribution in [0.5, 0.6) is 11.5 Å². The van der Waals surface area contributed by atoms with Crippen LogP contribution in [0.15, 0.2) is 72.8 Å². The lowest BCUT2D eigenvalue weighted by Crippen LogP contribution is -2.25. The van der Waals surface area contributed by atoms with Crippen molar-refractivity contribution < 1.29 is 19.1 Å². The predicted molar refractivity (Wildman–Crippen MR) is 187 cm³/mol. The molecule has 0 N–H and O–H groups in total. The summed E-state index contributed by atoms with van der Waals surface area (Å²) in [6, 6.07) is 19.9. The van der Waals surface area contributed by atoms with Crippen molar-refractivity contribution in [2.75, 3.05) is 33.7 Å². The van der Waals surface area contributed by atoms with Crippen LogP contribution >= 0.6 is 23.2 Å². The Morgan fingerprint density at radius 1 is 0.957 bits per heavy atom. The van der Waals surface area contributed by atoms with Crippen LogP contribution in [0.2, 0.25) is 10.0 Å². The van der Waals surface area contributed by atoms with E-state index >= 15 is 0 Å². The van der Waals surface area contributed by atoms with Gasteiger partial charge in [-0.1, -0.05) is 53.5 Å². The minimum Gasteiger partial charge on any atom is -0.489 e. The molecule has 1 aliphatic heterocycles. The van der Waals surface area contributed by atoms with Gasteiger partial charge in [0, 0.05) is 49.9 Å². The highest BCUT2D eigenvalue weighted by Gasteiger charge is 2.27. The molecule has 242 valence electrons. The van der Waals surface area contributed by atoms with E-state index in [1.807, 2.05) is 63.2 Å². The van der Waals surface area contributed by atoms with Crippen molar-refractivity contribution in [2.24, 2.45) is 5.41 Å². The summed E-state index contributed by atoms with van der Waals surface area (Å²) < 4.78 is 12.2. The number of benzene rings is 3. The smallest absolute Gasteiger partial charge is 0.316 e. The van der Waals surface area contributed by atoms with E-state index in [1.165, 1.54) is 0 Å². The van der Waals surface area contributed by atoms with Gasteiger partial charge in [0.1, 0.15) is 17.6 Å². The lowest BCUT2D eigenvalue weighted by Gasteiger charge is -2.20. The summed E-state index contributed by atoms with van der Waals surface area (Å²) in [7, 11) is 3.50. The topological polar surface area (TPSA) is 59.1 Å². The van der Waals surface area contributed by atoms with Crippen LogP contribution in [-0.2, 0) is 16.0 Å². The Kier molecular flexibility index (Phi) is 10.6. The number of hydrogen-bond acceptors (Lipinski definition) is 5. The summed E-state index contributed by atoms with van der Waals surface area (Å²) in [4.78, 5) is 28.3. The van der Waals surface area contributed by atoms with E-state index < -0.39 is 5.41 Å². The van der Waals surface area contributed by atoms with Gasteiger partial charge in [-0.3, -0.25) is 14.5 Å². The molecule has 0 spiro atoms. The average Bonchev–Trinajstić information content (AvgIpc) is 3.35. The molecular weight excluding hydrogens is 619 g/mol. The van der Waals surface area contributed by atoms with Crippen molar-refractivity contribution in [3.63, 3.8) is 0 Å². The SMILES string of the molecule is CN(C)C(=O)C=CCN1CC[C@H](Oc2ccc(C3=C(c4ccc(Cl)cc4Cl)CCCc4cc(OC(=O)C(C)(C)C)ccc43)cc2)C1. The number of aryl methyl sites for hydroxylation is 1. The molecule has 0 bridgehead atoms. The van der Waals surface area contributed by atoms with E-state index in [9.17, 15) is 9.59 Å². The number of fused-ring (bicyclic) bond motifs is 1. The van der Waals surface area contributed by atoms with E-state index in [0.717, 1.165) is 84.5 Å². The lowest BCUT2D eigenvalue weighted by molar-refractivity contribution is -0.143. The summed E-state index contributed by atoms with van der Waals surface area (Å²) in [6.07, 6.45) is 7.13. The molecule has 2 aliphatic rings. The third-order valence-electron chi connectivity index (χ3n) is 8.34. The minimum atomic E-state index is -0.597. The number of ether oxygens (including phenoxy) is 2. The molecule has 1 saturated heterocycles. The summed E-state index contributed by atoms with van der Waals surface area (Å²) >= 11 is 13.1. The van der Waals surface area contributed by atoms with Crippen molar-refractivity contribution in [3.05, 3.63) is 105 Å². The fourth-order valence-corrected chi connectivity index (χ4v) is 6.35. The van der Waals surface area contributed by atoms with E-state index in [2.05, 4.69) is 23.1 Å². The Bertz CT molecular complexity index is 1650. The normalized spacial score (nSPS) is 17.2. The van der Waals surface area contributed by atoms with Crippen LogP contribution in [-0.4, -0.2) is 61.5 Å². The number of carbonyl (C=O) groups is 2. The Balaban J connectivity index is 1.42. The van der Waals surface area contributed by atoms with Crippen LogP contribution in [0.4, 0.5) is 0 Å². The number of nitrogens with zero attached hydrogens (tertiary/aromatic N) is 2. The van der Waals surface area contributed by atoms with Gasteiger partial charge >= 0.3 is 5.97 Å². The van der Waals surface area contributed by atoms with E-state index in [0.29, 0.717) is 15.8 Å². The van der Waals surface area contributed by atoms with Gasteiger partial charge < -0.3 is 14.4 Å². The lowest BCUT2D eigenvalue weighted by atomic mass is 9.87. The molecule has 0 aromatic heterocycles. The highest BCUT2D eigenvalue weighted by Crippen LogP contribution is 2.43. The van der Waals surface area contributed by atoms with Gasteiger partial charge in [0.05, 0.1) is 5.41 Å². The van der Waals surface area contributed by atoms with Gasteiger partial charge in [0.15, 0.2) is 0 Å². The monoisotopic (exact) mass is 660 g/mol. The summed E-state index contributed by atoms with van der Waals surface area (Å²) in [5, 5.41) is 1.21. The number of likely N-dealkylation sites (tertiary alicyclic amines) is 1.